The Kier molecular flexibility index (Phi) is 4.24. The Hall–Kier alpha value is -2.83. The van der Waals surface area contributed by atoms with E-state index < -0.39 is 5.60 Å². The smallest absolute Gasteiger partial charge is 0.267 e. The number of carbonyl (C=O) groups is 1. The van der Waals surface area contributed by atoms with E-state index in [1.807, 2.05) is 31.2 Å². The minimum Gasteiger partial charge on any atom is -0.497 e. The predicted molar refractivity (Wildman–Crippen MR) is 87.6 cm³/mol. The van der Waals surface area contributed by atoms with Gasteiger partial charge in [-0.2, -0.15) is 0 Å². The molecule has 2 aromatic rings. The zero-order valence-corrected chi connectivity index (χ0v) is 13.8. The first-order valence-electron chi connectivity index (χ1n) is 7.60. The molecule has 0 fully saturated rings. The van der Waals surface area contributed by atoms with Gasteiger partial charge in [0.1, 0.15) is 11.4 Å². The molecule has 1 atom stereocenters. The molecule has 7 nitrogen and oxygen atoms in total. The SMILES string of the molecule is COc1cccc(-c2cc(CNC(=O)[C@]3(C)CC(C)=NO3)on2)c1. The summed E-state index contributed by atoms with van der Waals surface area (Å²) in [4.78, 5) is 17.5. The number of aromatic nitrogens is 1. The number of methoxy groups -OCH3 is 1. The van der Waals surface area contributed by atoms with Crippen molar-refractivity contribution in [2.45, 2.75) is 32.4 Å². The molecule has 3 rings (SSSR count). The van der Waals surface area contributed by atoms with Gasteiger partial charge in [0, 0.05) is 18.1 Å². The molecule has 1 aromatic carbocycles. The van der Waals surface area contributed by atoms with Gasteiger partial charge in [0.05, 0.1) is 19.4 Å². The fourth-order valence-electron chi connectivity index (χ4n) is 2.52. The van der Waals surface area contributed by atoms with E-state index in [4.69, 9.17) is 14.1 Å². The fourth-order valence-corrected chi connectivity index (χ4v) is 2.52. The summed E-state index contributed by atoms with van der Waals surface area (Å²) in [5.74, 6) is 1.06. The van der Waals surface area contributed by atoms with Gasteiger partial charge >= 0.3 is 0 Å². The van der Waals surface area contributed by atoms with Crippen molar-refractivity contribution in [3.8, 4) is 17.0 Å². The topological polar surface area (TPSA) is 86.0 Å². The third-order valence-corrected chi connectivity index (χ3v) is 3.82. The lowest BCUT2D eigenvalue weighted by molar-refractivity contribution is -0.142. The van der Waals surface area contributed by atoms with Crippen molar-refractivity contribution >= 4 is 11.6 Å². The number of amides is 1. The molecule has 7 heteroatoms. The molecule has 0 saturated carbocycles. The minimum absolute atomic E-state index is 0.230. The lowest BCUT2D eigenvalue weighted by atomic mass is 9.99. The van der Waals surface area contributed by atoms with Crippen molar-refractivity contribution in [2.24, 2.45) is 5.16 Å². The second-order valence-corrected chi connectivity index (χ2v) is 5.92. The number of carbonyl (C=O) groups excluding carboxylic acids is 1. The maximum Gasteiger partial charge on any atom is 0.267 e. The number of nitrogens with one attached hydrogen (secondary N) is 1. The minimum atomic E-state index is -0.959. The van der Waals surface area contributed by atoms with Gasteiger partial charge in [-0.15, -0.1) is 0 Å². The second kappa shape index (κ2) is 6.35. The molecule has 0 saturated heterocycles. The highest BCUT2D eigenvalue weighted by atomic mass is 16.7. The van der Waals surface area contributed by atoms with Gasteiger partial charge in [-0.25, -0.2) is 0 Å². The van der Waals surface area contributed by atoms with Crippen molar-refractivity contribution < 1.29 is 18.9 Å². The average molecular weight is 329 g/mol. The number of nitrogens with zero attached hydrogens (tertiary/aromatic N) is 2. The summed E-state index contributed by atoms with van der Waals surface area (Å²) in [7, 11) is 1.61. The third kappa shape index (κ3) is 3.24. The summed E-state index contributed by atoms with van der Waals surface area (Å²) < 4.78 is 10.5. The highest BCUT2D eigenvalue weighted by Crippen LogP contribution is 2.25. The Bertz CT molecular complexity index is 784. The van der Waals surface area contributed by atoms with Gasteiger partial charge in [0.2, 0.25) is 5.60 Å². The van der Waals surface area contributed by atoms with Gasteiger partial charge < -0.3 is 19.4 Å². The van der Waals surface area contributed by atoms with Gasteiger partial charge in [-0.05, 0) is 26.0 Å². The standard InChI is InChI=1S/C17H19N3O4/c1-11-9-17(2,24-19-11)16(21)18-10-14-8-15(20-23-14)12-5-4-6-13(7-12)22-3/h4-8H,9-10H2,1-3H3,(H,18,21)/t17-/m0/s1. The van der Waals surface area contributed by atoms with Crippen LogP contribution >= 0.6 is 0 Å². The highest BCUT2D eigenvalue weighted by Gasteiger charge is 2.40. The van der Waals surface area contributed by atoms with Crippen LogP contribution in [0.4, 0.5) is 0 Å². The summed E-state index contributed by atoms with van der Waals surface area (Å²) in [6.07, 6.45) is 0.476. The van der Waals surface area contributed by atoms with Crippen molar-refractivity contribution in [1.82, 2.24) is 10.5 Å². The number of benzene rings is 1. The molecule has 1 aromatic heterocycles. The molecule has 1 aliphatic rings. The van der Waals surface area contributed by atoms with Crippen LogP contribution in [0, 0.1) is 0 Å². The highest BCUT2D eigenvalue weighted by molar-refractivity contribution is 5.94. The molecule has 2 heterocycles. The Balaban J connectivity index is 1.63. The van der Waals surface area contributed by atoms with E-state index in [9.17, 15) is 4.79 Å². The molecular formula is C17H19N3O4. The summed E-state index contributed by atoms with van der Waals surface area (Å²) >= 11 is 0. The zero-order chi connectivity index (χ0) is 17.2. The van der Waals surface area contributed by atoms with E-state index in [1.54, 1.807) is 20.1 Å². The molecule has 0 radical (unpaired) electrons. The van der Waals surface area contributed by atoms with E-state index in [1.165, 1.54) is 0 Å². The van der Waals surface area contributed by atoms with E-state index in [2.05, 4.69) is 15.6 Å². The molecule has 24 heavy (non-hydrogen) atoms. The van der Waals surface area contributed by atoms with E-state index >= 15 is 0 Å². The lowest BCUT2D eigenvalue weighted by Gasteiger charge is -2.19. The van der Waals surface area contributed by atoms with Crippen molar-refractivity contribution in [3.05, 3.63) is 36.1 Å². The van der Waals surface area contributed by atoms with E-state index in [0.717, 1.165) is 17.0 Å². The maximum atomic E-state index is 12.3. The molecule has 1 amide bonds. The number of ether oxygens (including phenoxy) is 1. The molecule has 1 N–H and O–H groups in total. The molecule has 0 aliphatic carbocycles. The average Bonchev–Trinajstić information content (AvgIpc) is 3.20. The first kappa shape index (κ1) is 16.0. The Morgan fingerprint density at radius 2 is 2.25 bits per heavy atom. The number of rotatable bonds is 5. The van der Waals surface area contributed by atoms with Gasteiger partial charge in [0.15, 0.2) is 5.76 Å². The first-order valence-corrected chi connectivity index (χ1v) is 7.60. The second-order valence-electron chi connectivity index (χ2n) is 5.92. The van der Waals surface area contributed by atoms with Crippen LogP contribution in [0.25, 0.3) is 11.3 Å². The largest absolute Gasteiger partial charge is 0.497 e. The van der Waals surface area contributed by atoms with Crippen molar-refractivity contribution in [3.63, 3.8) is 0 Å². The molecule has 0 unspecified atom stereocenters. The molecular weight excluding hydrogens is 310 g/mol. The third-order valence-electron chi connectivity index (χ3n) is 3.82. The summed E-state index contributed by atoms with van der Waals surface area (Å²) in [5.41, 5.74) is 1.40. The van der Waals surface area contributed by atoms with Crippen LogP contribution in [0.5, 0.6) is 5.75 Å². The van der Waals surface area contributed by atoms with Crippen LogP contribution in [-0.4, -0.2) is 29.5 Å². The van der Waals surface area contributed by atoms with E-state index in [0.29, 0.717) is 17.9 Å². The van der Waals surface area contributed by atoms with Gasteiger partial charge in [-0.1, -0.05) is 22.4 Å². The molecule has 1 aliphatic heterocycles. The zero-order valence-electron chi connectivity index (χ0n) is 13.8. The normalized spacial score (nSPS) is 19.5. The Morgan fingerprint density at radius 3 is 2.96 bits per heavy atom. The molecule has 0 spiro atoms. The van der Waals surface area contributed by atoms with Crippen LogP contribution in [0.2, 0.25) is 0 Å². The lowest BCUT2D eigenvalue weighted by Crippen LogP contribution is -2.44. The monoisotopic (exact) mass is 329 g/mol. The van der Waals surface area contributed by atoms with Crippen LogP contribution in [0.1, 0.15) is 26.0 Å². The van der Waals surface area contributed by atoms with Gasteiger partial charge in [0.25, 0.3) is 5.91 Å². The van der Waals surface area contributed by atoms with Gasteiger partial charge in [-0.3, -0.25) is 4.79 Å². The van der Waals surface area contributed by atoms with E-state index in [-0.39, 0.29) is 12.5 Å². The first-order chi connectivity index (χ1) is 11.5. The molecule has 126 valence electrons. The van der Waals surface area contributed by atoms with Crippen molar-refractivity contribution in [1.29, 1.82) is 0 Å². The predicted octanol–water partition coefficient (Wildman–Crippen LogP) is 2.52. The van der Waals surface area contributed by atoms with Crippen LogP contribution in [-0.2, 0) is 16.2 Å². The van der Waals surface area contributed by atoms with Crippen LogP contribution in [0.15, 0.2) is 40.0 Å². The number of oxime groups is 1. The summed E-state index contributed by atoms with van der Waals surface area (Å²) in [6.45, 7) is 3.77. The number of hydrogen-bond acceptors (Lipinski definition) is 6. The van der Waals surface area contributed by atoms with Crippen LogP contribution in [0.3, 0.4) is 0 Å². The Morgan fingerprint density at radius 1 is 1.42 bits per heavy atom. The maximum absolute atomic E-state index is 12.3. The quantitative estimate of drug-likeness (QED) is 0.911. The summed E-state index contributed by atoms with van der Waals surface area (Å²) in [5, 5.41) is 10.7. The van der Waals surface area contributed by atoms with Crippen molar-refractivity contribution in [2.75, 3.05) is 7.11 Å². The Labute approximate surface area is 139 Å². The summed E-state index contributed by atoms with van der Waals surface area (Å²) in [6, 6.07) is 9.31. The van der Waals surface area contributed by atoms with Crippen LogP contribution < -0.4 is 10.1 Å². The number of hydrogen-bond donors (Lipinski definition) is 1. The molecule has 0 bridgehead atoms. The fraction of sp³-hybridized carbons (Fsp3) is 0.353.